The highest BCUT2D eigenvalue weighted by atomic mass is 32.2. The lowest BCUT2D eigenvalue weighted by molar-refractivity contribution is -0.384. The van der Waals surface area contributed by atoms with Crippen LogP contribution < -0.4 is 9.64 Å². The van der Waals surface area contributed by atoms with Gasteiger partial charge in [0.05, 0.1) is 45.6 Å². The van der Waals surface area contributed by atoms with Crippen LogP contribution in [0.3, 0.4) is 0 Å². The van der Waals surface area contributed by atoms with Gasteiger partial charge in [-0.1, -0.05) is 39.5 Å². The van der Waals surface area contributed by atoms with Crippen molar-refractivity contribution in [1.82, 2.24) is 0 Å². The normalized spacial score (nSPS) is 15.9. The Hall–Kier alpha value is -3.05. The first-order chi connectivity index (χ1) is 18.6. The van der Waals surface area contributed by atoms with E-state index in [0.717, 1.165) is 44.6 Å². The van der Waals surface area contributed by atoms with Crippen LogP contribution in [0.4, 0.5) is 17.1 Å². The predicted octanol–water partition coefficient (Wildman–Crippen LogP) is 6.67. The van der Waals surface area contributed by atoms with Crippen LogP contribution >= 0.6 is 11.8 Å². The van der Waals surface area contributed by atoms with Gasteiger partial charge in [0.15, 0.2) is 9.84 Å². The second-order valence-electron chi connectivity index (χ2n) is 9.74. The van der Waals surface area contributed by atoms with Crippen LogP contribution in [0.1, 0.15) is 52.4 Å². The standard InChI is InChI=1S/C28H36N2O7S2/c1-5-7-14-28(15-8-6-2)19-29(21-9-11-22(12-10-21)30(32)33)23-17-25(38-4)24(37-16-13-27(31)36-3)18-26(23)39(34,35)20-28/h9-13,16-18H,5-8,14-15,19-20H2,1-4H3/b16-13+. The van der Waals surface area contributed by atoms with Crippen LogP contribution in [0.2, 0.25) is 0 Å². The van der Waals surface area contributed by atoms with Crippen molar-refractivity contribution in [2.24, 2.45) is 5.41 Å². The smallest absolute Gasteiger partial charge is 0.333 e. The maximum atomic E-state index is 14.1. The summed E-state index contributed by atoms with van der Waals surface area (Å²) in [4.78, 5) is 25.2. The number of ether oxygens (including phenoxy) is 2. The number of rotatable bonds is 12. The van der Waals surface area contributed by atoms with Crippen LogP contribution in [0.5, 0.6) is 5.75 Å². The Balaban J connectivity index is 2.23. The zero-order valence-electron chi connectivity index (χ0n) is 22.8. The van der Waals surface area contributed by atoms with Gasteiger partial charge in [0.25, 0.3) is 5.69 Å². The summed E-state index contributed by atoms with van der Waals surface area (Å²) in [7, 11) is -2.50. The molecule has 11 heteroatoms. The monoisotopic (exact) mass is 576 g/mol. The Morgan fingerprint density at radius 2 is 1.79 bits per heavy atom. The molecule has 0 radical (unpaired) electrons. The first-order valence-corrected chi connectivity index (χ1v) is 15.9. The number of unbranched alkanes of at least 4 members (excludes halogenated alkanes) is 2. The molecule has 1 heterocycles. The highest BCUT2D eigenvalue weighted by molar-refractivity contribution is 7.98. The summed E-state index contributed by atoms with van der Waals surface area (Å²) >= 11 is 1.39. The van der Waals surface area contributed by atoms with Gasteiger partial charge in [0.1, 0.15) is 5.75 Å². The number of non-ortho nitro benzene ring substituents is 1. The molecule has 39 heavy (non-hydrogen) atoms. The lowest BCUT2D eigenvalue weighted by atomic mass is 9.79. The fourth-order valence-electron chi connectivity index (χ4n) is 4.94. The number of benzene rings is 2. The third kappa shape index (κ3) is 7.33. The Labute approximate surface area is 234 Å². The number of thioether (sulfide) groups is 1. The minimum absolute atomic E-state index is 0.00740. The summed E-state index contributed by atoms with van der Waals surface area (Å²) in [6.07, 6.45) is 9.33. The highest BCUT2D eigenvalue weighted by Crippen LogP contribution is 2.48. The van der Waals surface area contributed by atoms with Crippen LogP contribution in [-0.4, -0.2) is 45.0 Å². The van der Waals surface area contributed by atoms with E-state index in [9.17, 15) is 23.3 Å². The third-order valence-corrected chi connectivity index (χ3v) is 9.70. The number of fused-ring (bicyclic) bond motifs is 1. The maximum Gasteiger partial charge on any atom is 0.333 e. The Morgan fingerprint density at radius 3 is 2.33 bits per heavy atom. The van der Waals surface area contributed by atoms with Gasteiger partial charge in [0, 0.05) is 35.8 Å². The van der Waals surface area contributed by atoms with Gasteiger partial charge in [-0.2, -0.15) is 0 Å². The van der Waals surface area contributed by atoms with Crippen molar-refractivity contribution in [3.8, 4) is 5.75 Å². The van der Waals surface area contributed by atoms with E-state index in [2.05, 4.69) is 18.6 Å². The largest absolute Gasteiger partial charge is 0.466 e. The zero-order valence-corrected chi connectivity index (χ0v) is 24.5. The second kappa shape index (κ2) is 13.3. The minimum Gasteiger partial charge on any atom is -0.466 e. The highest BCUT2D eigenvalue weighted by Gasteiger charge is 2.42. The van der Waals surface area contributed by atoms with Crippen molar-refractivity contribution >= 4 is 44.6 Å². The summed E-state index contributed by atoms with van der Waals surface area (Å²) in [5.41, 5.74) is 0.655. The molecule has 0 atom stereocenters. The molecule has 212 valence electrons. The number of hydrogen-bond acceptors (Lipinski definition) is 9. The number of carbonyl (C=O) groups is 1. The zero-order chi connectivity index (χ0) is 28.6. The number of esters is 1. The number of anilines is 2. The summed E-state index contributed by atoms with van der Waals surface area (Å²) in [6, 6.07) is 9.54. The molecule has 0 saturated carbocycles. The molecular formula is C28H36N2O7S2. The van der Waals surface area contributed by atoms with Gasteiger partial charge < -0.3 is 14.4 Å². The molecule has 1 aliphatic rings. The molecule has 0 bridgehead atoms. The Bertz CT molecular complexity index is 1300. The molecule has 3 rings (SSSR count). The average molecular weight is 577 g/mol. The number of nitro benzene ring substituents is 1. The molecule has 0 fully saturated rings. The third-order valence-electron chi connectivity index (χ3n) is 6.95. The molecule has 9 nitrogen and oxygen atoms in total. The SMILES string of the molecule is CCCCC1(CCCC)CN(c2ccc([N+](=O)[O-])cc2)c2cc(SC)c(O/C=C/C(=O)OC)cc2S(=O)(=O)C1. The van der Waals surface area contributed by atoms with E-state index >= 15 is 0 Å². The summed E-state index contributed by atoms with van der Waals surface area (Å²) in [6.45, 7) is 4.66. The lowest BCUT2D eigenvalue weighted by Crippen LogP contribution is -2.38. The van der Waals surface area contributed by atoms with Gasteiger partial charge in [-0.25, -0.2) is 13.2 Å². The molecule has 0 aliphatic carbocycles. The minimum atomic E-state index is -3.76. The molecule has 1 aliphatic heterocycles. The number of carbonyl (C=O) groups excluding carboxylic acids is 1. The molecule has 0 spiro atoms. The summed E-state index contributed by atoms with van der Waals surface area (Å²) in [5, 5.41) is 11.3. The molecular weight excluding hydrogens is 540 g/mol. The molecule has 0 saturated heterocycles. The Kier molecular flexibility index (Phi) is 10.4. The number of sulfone groups is 1. The molecule has 2 aromatic carbocycles. The van der Waals surface area contributed by atoms with Crippen LogP contribution in [0.25, 0.3) is 0 Å². The first-order valence-electron chi connectivity index (χ1n) is 13.0. The van der Waals surface area contributed by atoms with Crippen LogP contribution in [-0.2, 0) is 19.4 Å². The van der Waals surface area contributed by atoms with Crippen LogP contribution in [0, 0.1) is 15.5 Å². The van der Waals surface area contributed by atoms with E-state index in [-0.39, 0.29) is 16.3 Å². The number of nitrogens with zero attached hydrogens (tertiary/aromatic N) is 2. The molecule has 2 aromatic rings. The van der Waals surface area contributed by atoms with E-state index < -0.39 is 26.1 Å². The molecule has 0 N–H and O–H groups in total. The van der Waals surface area contributed by atoms with E-state index in [1.54, 1.807) is 18.2 Å². The van der Waals surface area contributed by atoms with Crippen molar-refractivity contribution in [3.05, 3.63) is 58.9 Å². The fraction of sp³-hybridized carbons (Fsp3) is 0.464. The van der Waals surface area contributed by atoms with Crippen molar-refractivity contribution in [2.75, 3.05) is 30.6 Å². The molecule has 0 unspecified atom stereocenters. The summed E-state index contributed by atoms with van der Waals surface area (Å²) < 4.78 is 38.4. The number of methoxy groups -OCH3 is 1. The summed E-state index contributed by atoms with van der Waals surface area (Å²) in [5.74, 6) is -0.292. The van der Waals surface area contributed by atoms with Crippen molar-refractivity contribution < 1.29 is 27.6 Å². The molecule has 0 aromatic heterocycles. The predicted molar refractivity (Wildman–Crippen MR) is 154 cm³/mol. The quantitative estimate of drug-likeness (QED) is 0.0681. The van der Waals surface area contributed by atoms with Gasteiger partial charge in [-0.15, -0.1) is 11.8 Å². The first kappa shape index (κ1) is 30.5. The molecule has 0 amide bonds. The lowest BCUT2D eigenvalue weighted by Gasteiger charge is -2.37. The number of hydrogen-bond donors (Lipinski definition) is 0. The van der Waals surface area contributed by atoms with Gasteiger partial charge in [-0.05, 0) is 37.3 Å². The van der Waals surface area contributed by atoms with Gasteiger partial charge >= 0.3 is 5.97 Å². The van der Waals surface area contributed by atoms with E-state index in [1.807, 2.05) is 11.2 Å². The van der Waals surface area contributed by atoms with Crippen LogP contribution in [0.15, 0.2) is 58.5 Å². The van der Waals surface area contributed by atoms with Gasteiger partial charge in [0.2, 0.25) is 0 Å². The Morgan fingerprint density at radius 1 is 1.15 bits per heavy atom. The fourth-order valence-corrected chi connectivity index (χ4v) is 7.59. The topological polar surface area (TPSA) is 116 Å². The van der Waals surface area contributed by atoms with E-state index in [0.29, 0.717) is 28.6 Å². The average Bonchev–Trinajstić information content (AvgIpc) is 3.02. The van der Waals surface area contributed by atoms with Crippen molar-refractivity contribution in [1.29, 1.82) is 0 Å². The maximum absolute atomic E-state index is 14.1. The van der Waals surface area contributed by atoms with Gasteiger partial charge in [-0.3, -0.25) is 10.1 Å². The van der Waals surface area contributed by atoms with Crippen molar-refractivity contribution in [3.63, 3.8) is 0 Å². The van der Waals surface area contributed by atoms with Crippen molar-refractivity contribution in [2.45, 2.75) is 62.2 Å². The number of nitro groups is 1. The second-order valence-corrected chi connectivity index (χ2v) is 12.5. The van der Waals surface area contributed by atoms with E-state index in [1.165, 1.54) is 43.3 Å². The van der Waals surface area contributed by atoms with E-state index in [4.69, 9.17) is 4.74 Å².